The van der Waals surface area contributed by atoms with E-state index >= 15 is 0 Å². The Hall–Kier alpha value is -3.40. The van der Waals surface area contributed by atoms with Crippen molar-refractivity contribution in [2.45, 2.75) is 37.2 Å². The standard InChI is InChI=1S/C25H30N4O5S/c1-16-19-10-9-18(35(5,31)32)14-20(19)27-25(26-16)29-12-6-7-21(29)24(30)28(2)15-17-8-11-22(33-3)23(13-17)34-4/h8-11,13-14,21H,6-7,12,15H2,1-5H3. The number of fused-ring (bicyclic) bond motifs is 1. The predicted octanol–water partition coefficient (Wildman–Crippen LogP) is 2.99. The second-order valence-corrected chi connectivity index (χ2v) is 10.8. The molecule has 0 spiro atoms. The van der Waals surface area contributed by atoms with E-state index in [9.17, 15) is 13.2 Å². The van der Waals surface area contributed by atoms with Gasteiger partial charge in [-0.15, -0.1) is 0 Å². The number of aromatic nitrogens is 2. The highest BCUT2D eigenvalue weighted by atomic mass is 32.2. The lowest BCUT2D eigenvalue weighted by molar-refractivity contribution is -0.131. The van der Waals surface area contributed by atoms with E-state index in [2.05, 4.69) is 9.97 Å². The topological polar surface area (TPSA) is 102 Å². The summed E-state index contributed by atoms with van der Waals surface area (Å²) in [7, 11) is 1.58. The van der Waals surface area contributed by atoms with Gasteiger partial charge in [-0.2, -0.15) is 0 Å². The molecule has 4 rings (SSSR count). The third kappa shape index (κ3) is 5.02. The third-order valence-corrected chi connectivity index (χ3v) is 7.42. The minimum Gasteiger partial charge on any atom is -0.493 e. The highest BCUT2D eigenvalue weighted by Gasteiger charge is 2.34. The van der Waals surface area contributed by atoms with E-state index in [1.54, 1.807) is 44.4 Å². The minimum atomic E-state index is -3.37. The smallest absolute Gasteiger partial charge is 0.245 e. The van der Waals surface area contributed by atoms with Crippen LogP contribution < -0.4 is 14.4 Å². The molecule has 1 amide bonds. The number of aryl methyl sites for hydroxylation is 1. The van der Waals surface area contributed by atoms with Gasteiger partial charge in [0.05, 0.1) is 30.3 Å². The van der Waals surface area contributed by atoms with Gasteiger partial charge in [-0.05, 0) is 55.7 Å². The monoisotopic (exact) mass is 498 g/mol. The van der Waals surface area contributed by atoms with Crippen LogP contribution in [-0.4, -0.2) is 69.3 Å². The number of carbonyl (C=O) groups is 1. The third-order valence-electron chi connectivity index (χ3n) is 6.31. The molecule has 3 aromatic rings. The molecule has 1 unspecified atom stereocenters. The number of amides is 1. The van der Waals surface area contributed by atoms with Crippen molar-refractivity contribution in [3.05, 3.63) is 47.7 Å². The summed E-state index contributed by atoms with van der Waals surface area (Å²) in [5.74, 6) is 1.66. The second-order valence-electron chi connectivity index (χ2n) is 8.80. The Kier molecular flexibility index (Phi) is 6.84. The van der Waals surface area contributed by atoms with Crippen LogP contribution in [0.2, 0.25) is 0 Å². The lowest BCUT2D eigenvalue weighted by Gasteiger charge is -2.28. The lowest BCUT2D eigenvalue weighted by atomic mass is 10.1. The predicted molar refractivity (Wildman–Crippen MR) is 134 cm³/mol. The Labute approximate surface area is 205 Å². The van der Waals surface area contributed by atoms with E-state index in [4.69, 9.17) is 9.47 Å². The summed E-state index contributed by atoms with van der Waals surface area (Å²) in [6.07, 6.45) is 2.70. The number of anilines is 1. The molecule has 1 saturated heterocycles. The fourth-order valence-electron chi connectivity index (χ4n) is 4.46. The van der Waals surface area contributed by atoms with Gasteiger partial charge in [0.2, 0.25) is 11.9 Å². The molecule has 0 saturated carbocycles. The van der Waals surface area contributed by atoms with E-state index in [0.29, 0.717) is 42.5 Å². The number of sulfone groups is 1. The van der Waals surface area contributed by atoms with Gasteiger partial charge in [0, 0.05) is 31.8 Å². The Bertz CT molecular complexity index is 1380. The van der Waals surface area contributed by atoms with Crippen LogP contribution in [0.3, 0.4) is 0 Å². The quantitative estimate of drug-likeness (QED) is 0.490. The van der Waals surface area contributed by atoms with Crippen LogP contribution in [0.25, 0.3) is 10.9 Å². The summed E-state index contributed by atoms with van der Waals surface area (Å²) in [6, 6.07) is 10.1. The van der Waals surface area contributed by atoms with Gasteiger partial charge in [0.25, 0.3) is 0 Å². The van der Waals surface area contributed by atoms with Gasteiger partial charge in [-0.25, -0.2) is 18.4 Å². The molecular formula is C25H30N4O5S. The number of nitrogens with zero attached hydrogens (tertiary/aromatic N) is 4. The maximum absolute atomic E-state index is 13.4. The first-order chi connectivity index (χ1) is 16.6. The molecule has 10 heteroatoms. The normalized spacial score (nSPS) is 15.9. The molecule has 0 N–H and O–H groups in total. The van der Waals surface area contributed by atoms with Crippen molar-refractivity contribution >= 4 is 32.6 Å². The molecule has 1 aliphatic rings. The SMILES string of the molecule is COc1ccc(CN(C)C(=O)C2CCCN2c2nc(C)c3ccc(S(C)(=O)=O)cc3n2)cc1OC. The molecule has 1 aliphatic heterocycles. The average molecular weight is 499 g/mol. The summed E-state index contributed by atoms with van der Waals surface area (Å²) < 4.78 is 34.7. The van der Waals surface area contributed by atoms with Gasteiger partial charge >= 0.3 is 0 Å². The van der Waals surface area contributed by atoms with Crippen LogP contribution in [0.4, 0.5) is 5.95 Å². The number of rotatable bonds is 7. The highest BCUT2D eigenvalue weighted by Crippen LogP contribution is 2.30. The van der Waals surface area contributed by atoms with Gasteiger partial charge < -0.3 is 19.3 Å². The first kappa shape index (κ1) is 24.7. The molecular weight excluding hydrogens is 468 g/mol. The maximum atomic E-state index is 13.4. The zero-order valence-electron chi connectivity index (χ0n) is 20.6. The van der Waals surface area contributed by atoms with Crippen molar-refractivity contribution in [2.75, 3.05) is 39.0 Å². The Morgan fingerprint density at radius 2 is 1.86 bits per heavy atom. The first-order valence-electron chi connectivity index (χ1n) is 11.3. The van der Waals surface area contributed by atoms with Crippen molar-refractivity contribution < 1.29 is 22.7 Å². The van der Waals surface area contributed by atoms with Crippen LogP contribution in [0, 0.1) is 6.92 Å². The number of hydrogen-bond acceptors (Lipinski definition) is 8. The first-order valence-corrected chi connectivity index (χ1v) is 13.2. The van der Waals surface area contributed by atoms with E-state index in [1.165, 1.54) is 6.26 Å². The van der Waals surface area contributed by atoms with Crippen LogP contribution >= 0.6 is 0 Å². The number of likely N-dealkylation sites (N-methyl/N-ethyl adjacent to an activating group) is 1. The molecule has 2 heterocycles. The minimum absolute atomic E-state index is 0.0245. The zero-order valence-corrected chi connectivity index (χ0v) is 21.4. The highest BCUT2D eigenvalue weighted by molar-refractivity contribution is 7.90. The lowest BCUT2D eigenvalue weighted by Crippen LogP contribution is -2.44. The van der Waals surface area contributed by atoms with Crippen molar-refractivity contribution in [2.24, 2.45) is 0 Å². The van der Waals surface area contributed by atoms with Crippen molar-refractivity contribution in [1.82, 2.24) is 14.9 Å². The Morgan fingerprint density at radius 3 is 2.54 bits per heavy atom. The molecule has 0 aliphatic carbocycles. The molecule has 9 nitrogen and oxygen atoms in total. The van der Waals surface area contributed by atoms with Gasteiger partial charge in [0.1, 0.15) is 6.04 Å². The Balaban J connectivity index is 1.59. The summed E-state index contributed by atoms with van der Waals surface area (Å²) in [5.41, 5.74) is 2.21. The van der Waals surface area contributed by atoms with Gasteiger partial charge in [-0.1, -0.05) is 6.07 Å². The fraction of sp³-hybridized carbons (Fsp3) is 0.400. The molecule has 1 atom stereocenters. The van der Waals surface area contributed by atoms with E-state index < -0.39 is 15.9 Å². The summed E-state index contributed by atoms with van der Waals surface area (Å²) in [5, 5.41) is 0.786. The van der Waals surface area contributed by atoms with Gasteiger partial charge in [0.15, 0.2) is 21.3 Å². The van der Waals surface area contributed by atoms with E-state index in [0.717, 1.165) is 23.1 Å². The second kappa shape index (κ2) is 9.69. The maximum Gasteiger partial charge on any atom is 0.245 e. The molecule has 2 aromatic carbocycles. The molecule has 0 radical (unpaired) electrons. The number of benzene rings is 2. The number of hydrogen-bond donors (Lipinski definition) is 0. The Morgan fingerprint density at radius 1 is 1.11 bits per heavy atom. The molecule has 1 fully saturated rings. The fourth-order valence-corrected chi connectivity index (χ4v) is 5.10. The zero-order chi connectivity index (χ0) is 25.3. The van der Waals surface area contributed by atoms with Crippen LogP contribution in [-0.2, 0) is 21.2 Å². The average Bonchev–Trinajstić information content (AvgIpc) is 3.32. The molecule has 0 bridgehead atoms. The van der Waals surface area contributed by atoms with Crippen LogP contribution in [0.15, 0.2) is 41.3 Å². The molecule has 35 heavy (non-hydrogen) atoms. The summed E-state index contributed by atoms with van der Waals surface area (Å²) in [4.78, 5) is 26.6. The number of carbonyl (C=O) groups excluding carboxylic acids is 1. The number of methoxy groups -OCH3 is 2. The van der Waals surface area contributed by atoms with Crippen LogP contribution in [0.1, 0.15) is 24.1 Å². The van der Waals surface area contributed by atoms with Crippen LogP contribution in [0.5, 0.6) is 11.5 Å². The summed E-state index contributed by atoms with van der Waals surface area (Å²) >= 11 is 0. The van der Waals surface area contributed by atoms with E-state index in [-0.39, 0.29) is 10.8 Å². The largest absolute Gasteiger partial charge is 0.493 e. The number of ether oxygens (including phenoxy) is 2. The van der Waals surface area contributed by atoms with Crippen molar-refractivity contribution in [1.29, 1.82) is 0 Å². The van der Waals surface area contributed by atoms with E-state index in [1.807, 2.05) is 30.0 Å². The molecule has 1 aromatic heterocycles. The van der Waals surface area contributed by atoms with Gasteiger partial charge in [-0.3, -0.25) is 4.79 Å². The summed E-state index contributed by atoms with van der Waals surface area (Å²) in [6.45, 7) is 2.93. The molecule has 186 valence electrons. The van der Waals surface area contributed by atoms with Crippen molar-refractivity contribution in [3.63, 3.8) is 0 Å². The van der Waals surface area contributed by atoms with Crippen molar-refractivity contribution in [3.8, 4) is 11.5 Å².